The third-order valence-corrected chi connectivity index (χ3v) is 3.90. The molecule has 0 radical (unpaired) electrons. The highest BCUT2D eigenvalue weighted by Crippen LogP contribution is 2.32. The van der Waals surface area contributed by atoms with Gasteiger partial charge in [-0.05, 0) is 49.4 Å². The number of rotatable bonds is 5. The van der Waals surface area contributed by atoms with E-state index in [0.717, 1.165) is 25.4 Å². The number of hydrogen-bond acceptors (Lipinski definition) is 1. The second-order valence-electron chi connectivity index (χ2n) is 5.18. The molecule has 0 aliphatic heterocycles. The zero-order valence-electron chi connectivity index (χ0n) is 11.0. The lowest BCUT2D eigenvalue weighted by Crippen LogP contribution is -2.16. The van der Waals surface area contributed by atoms with E-state index in [-0.39, 0.29) is 0 Å². The van der Waals surface area contributed by atoms with Crippen LogP contribution in [0.15, 0.2) is 24.3 Å². The van der Waals surface area contributed by atoms with E-state index in [4.69, 9.17) is 0 Å². The Morgan fingerprint density at radius 2 is 1.76 bits per heavy atom. The monoisotopic (exact) mass is 231 g/mol. The van der Waals surface area contributed by atoms with E-state index in [9.17, 15) is 0 Å². The fraction of sp³-hybridized carbons (Fsp3) is 0.625. The predicted molar refractivity (Wildman–Crippen MR) is 74.5 cm³/mol. The average Bonchev–Trinajstić information content (AvgIpc) is 2.41. The first-order chi connectivity index (χ1) is 8.40. The van der Waals surface area contributed by atoms with Crippen molar-refractivity contribution in [3.05, 3.63) is 35.4 Å². The maximum absolute atomic E-state index is 3.37. The van der Waals surface area contributed by atoms with Crippen LogP contribution in [0.25, 0.3) is 0 Å². The van der Waals surface area contributed by atoms with Crippen LogP contribution in [0, 0.1) is 0 Å². The van der Waals surface area contributed by atoms with E-state index >= 15 is 0 Å². The molecule has 0 heterocycles. The maximum atomic E-state index is 3.37. The topological polar surface area (TPSA) is 12.0 Å². The van der Waals surface area contributed by atoms with Crippen molar-refractivity contribution in [3.63, 3.8) is 0 Å². The van der Waals surface area contributed by atoms with Crippen LogP contribution in [0.5, 0.6) is 0 Å². The number of hydrogen-bond donors (Lipinski definition) is 1. The number of nitrogens with one attached hydrogen (secondary N) is 1. The minimum atomic E-state index is 0.839. The van der Waals surface area contributed by atoms with Crippen LogP contribution in [0.2, 0.25) is 0 Å². The second-order valence-corrected chi connectivity index (χ2v) is 5.18. The smallest absolute Gasteiger partial charge is 0.000847 e. The molecule has 1 N–H and O–H groups in total. The Kier molecular flexibility index (Phi) is 5.06. The molecule has 1 nitrogen and oxygen atoms in total. The molecule has 0 unspecified atom stereocenters. The molecular weight excluding hydrogens is 206 g/mol. The Morgan fingerprint density at radius 1 is 1.06 bits per heavy atom. The molecule has 0 spiro atoms. The Labute approximate surface area is 106 Å². The van der Waals surface area contributed by atoms with E-state index in [1.807, 2.05) is 0 Å². The summed E-state index contributed by atoms with van der Waals surface area (Å²) in [6.45, 7) is 4.33. The first-order valence-corrected chi connectivity index (χ1v) is 7.19. The van der Waals surface area contributed by atoms with Crippen molar-refractivity contribution in [2.45, 2.75) is 51.4 Å². The van der Waals surface area contributed by atoms with Gasteiger partial charge in [-0.2, -0.15) is 0 Å². The SMILES string of the molecule is CCNCCc1ccc(C2CCCCC2)cc1. The Bertz CT molecular complexity index is 309. The molecule has 0 aromatic heterocycles. The van der Waals surface area contributed by atoms with Gasteiger partial charge in [0.25, 0.3) is 0 Å². The molecule has 1 fully saturated rings. The molecule has 17 heavy (non-hydrogen) atoms. The molecule has 1 saturated carbocycles. The number of likely N-dealkylation sites (N-methyl/N-ethyl adjacent to an activating group) is 1. The molecule has 1 aliphatic rings. The van der Waals surface area contributed by atoms with Gasteiger partial charge in [0.15, 0.2) is 0 Å². The lowest BCUT2D eigenvalue weighted by molar-refractivity contribution is 0.443. The van der Waals surface area contributed by atoms with Gasteiger partial charge < -0.3 is 5.32 Å². The summed E-state index contributed by atoms with van der Waals surface area (Å²) < 4.78 is 0. The molecule has 1 aromatic rings. The molecule has 1 aromatic carbocycles. The van der Waals surface area contributed by atoms with Gasteiger partial charge in [0, 0.05) is 0 Å². The largest absolute Gasteiger partial charge is 0.317 e. The summed E-state index contributed by atoms with van der Waals surface area (Å²) >= 11 is 0. The zero-order chi connectivity index (χ0) is 11.9. The van der Waals surface area contributed by atoms with Crippen molar-refractivity contribution in [1.82, 2.24) is 5.32 Å². The summed E-state index contributed by atoms with van der Waals surface area (Å²) in [6.07, 6.45) is 8.24. The molecule has 94 valence electrons. The quantitative estimate of drug-likeness (QED) is 0.758. The summed E-state index contributed by atoms with van der Waals surface area (Å²) in [5.74, 6) is 0.839. The Morgan fingerprint density at radius 3 is 2.41 bits per heavy atom. The highest BCUT2D eigenvalue weighted by Gasteiger charge is 2.14. The van der Waals surface area contributed by atoms with Gasteiger partial charge in [-0.25, -0.2) is 0 Å². The van der Waals surface area contributed by atoms with Crippen molar-refractivity contribution in [1.29, 1.82) is 0 Å². The average molecular weight is 231 g/mol. The van der Waals surface area contributed by atoms with E-state index in [2.05, 4.69) is 36.5 Å². The van der Waals surface area contributed by atoms with E-state index in [1.54, 1.807) is 5.56 Å². The summed E-state index contributed by atoms with van der Waals surface area (Å²) in [5.41, 5.74) is 3.03. The summed E-state index contributed by atoms with van der Waals surface area (Å²) in [7, 11) is 0. The minimum Gasteiger partial charge on any atom is -0.317 e. The van der Waals surface area contributed by atoms with Crippen molar-refractivity contribution >= 4 is 0 Å². The van der Waals surface area contributed by atoms with Crippen LogP contribution in [0.3, 0.4) is 0 Å². The van der Waals surface area contributed by atoms with Crippen LogP contribution in [0.4, 0.5) is 0 Å². The van der Waals surface area contributed by atoms with Crippen LogP contribution < -0.4 is 5.32 Å². The van der Waals surface area contributed by atoms with Gasteiger partial charge in [-0.1, -0.05) is 50.5 Å². The molecule has 0 amide bonds. The fourth-order valence-electron chi connectivity index (χ4n) is 2.80. The lowest BCUT2D eigenvalue weighted by atomic mass is 9.84. The Balaban J connectivity index is 1.88. The van der Waals surface area contributed by atoms with Crippen molar-refractivity contribution in [2.75, 3.05) is 13.1 Å². The van der Waals surface area contributed by atoms with Gasteiger partial charge in [-0.3, -0.25) is 0 Å². The van der Waals surface area contributed by atoms with Crippen LogP contribution in [-0.2, 0) is 6.42 Å². The highest BCUT2D eigenvalue weighted by atomic mass is 14.8. The van der Waals surface area contributed by atoms with Gasteiger partial charge in [0.05, 0.1) is 0 Å². The third-order valence-electron chi connectivity index (χ3n) is 3.90. The van der Waals surface area contributed by atoms with Crippen LogP contribution >= 0.6 is 0 Å². The predicted octanol–water partition coefficient (Wildman–Crippen LogP) is 3.89. The first kappa shape index (κ1) is 12.6. The van der Waals surface area contributed by atoms with Crippen LogP contribution in [-0.4, -0.2) is 13.1 Å². The molecule has 1 aliphatic carbocycles. The van der Waals surface area contributed by atoms with Crippen molar-refractivity contribution in [3.8, 4) is 0 Å². The van der Waals surface area contributed by atoms with Gasteiger partial charge in [-0.15, -0.1) is 0 Å². The Hall–Kier alpha value is -0.820. The van der Waals surface area contributed by atoms with Crippen molar-refractivity contribution < 1.29 is 0 Å². The summed E-state index contributed by atoms with van der Waals surface area (Å²) in [5, 5.41) is 3.37. The second kappa shape index (κ2) is 6.80. The van der Waals surface area contributed by atoms with E-state index in [0.29, 0.717) is 0 Å². The standard InChI is InChI=1S/C16H25N/c1-2-17-13-12-14-8-10-16(11-9-14)15-6-4-3-5-7-15/h8-11,15,17H,2-7,12-13H2,1H3. The van der Waals surface area contributed by atoms with Crippen LogP contribution in [0.1, 0.15) is 56.1 Å². The molecule has 1 heteroatoms. The minimum absolute atomic E-state index is 0.839. The van der Waals surface area contributed by atoms with Crippen molar-refractivity contribution in [2.24, 2.45) is 0 Å². The molecule has 0 atom stereocenters. The lowest BCUT2D eigenvalue weighted by Gasteiger charge is -2.22. The summed E-state index contributed by atoms with van der Waals surface area (Å²) in [6, 6.07) is 9.36. The van der Waals surface area contributed by atoms with Gasteiger partial charge in [0.2, 0.25) is 0 Å². The zero-order valence-corrected chi connectivity index (χ0v) is 11.0. The number of benzene rings is 1. The molecule has 0 saturated heterocycles. The highest BCUT2D eigenvalue weighted by molar-refractivity contribution is 5.25. The molecular formula is C16H25N. The fourth-order valence-corrected chi connectivity index (χ4v) is 2.80. The first-order valence-electron chi connectivity index (χ1n) is 7.19. The normalized spacial score (nSPS) is 17.2. The maximum Gasteiger partial charge on any atom is -0.000847 e. The molecule has 2 rings (SSSR count). The van der Waals surface area contributed by atoms with E-state index < -0.39 is 0 Å². The summed E-state index contributed by atoms with van der Waals surface area (Å²) in [4.78, 5) is 0. The molecule has 0 bridgehead atoms. The van der Waals surface area contributed by atoms with Gasteiger partial charge >= 0.3 is 0 Å². The van der Waals surface area contributed by atoms with Gasteiger partial charge in [0.1, 0.15) is 0 Å². The van der Waals surface area contributed by atoms with E-state index in [1.165, 1.54) is 37.7 Å². The third kappa shape index (κ3) is 3.85.